The Bertz CT molecular complexity index is 325. The molecule has 70 valence electrons. The standard InChI is InChI=1S/C9H10BrNO2/c10-5-8(13)4-6-3-7(12)1-2-9(6)11/h1-3,12H,4-5,11H2. The van der Waals surface area contributed by atoms with Gasteiger partial charge in [-0.25, -0.2) is 0 Å². The largest absolute Gasteiger partial charge is 0.508 e. The molecule has 0 atom stereocenters. The van der Waals surface area contributed by atoms with E-state index in [0.717, 1.165) is 0 Å². The number of carbonyl (C=O) groups excluding carboxylic acids is 1. The lowest BCUT2D eigenvalue weighted by molar-refractivity contribution is -0.115. The van der Waals surface area contributed by atoms with Gasteiger partial charge in [-0.2, -0.15) is 0 Å². The molecular weight excluding hydrogens is 234 g/mol. The minimum Gasteiger partial charge on any atom is -0.508 e. The maximum Gasteiger partial charge on any atom is 0.147 e. The molecule has 4 heteroatoms. The van der Waals surface area contributed by atoms with Crippen molar-refractivity contribution < 1.29 is 9.90 Å². The summed E-state index contributed by atoms with van der Waals surface area (Å²) in [7, 11) is 0. The summed E-state index contributed by atoms with van der Waals surface area (Å²) in [5.41, 5.74) is 6.82. The van der Waals surface area contributed by atoms with Crippen LogP contribution in [0, 0.1) is 0 Å². The number of nitrogen functional groups attached to an aromatic ring is 1. The van der Waals surface area contributed by atoms with E-state index in [0.29, 0.717) is 16.6 Å². The van der Waals surface area contributed by atoms with Gasteiger partial charge in [0.1, 0.15) is 11.5 Å². The van der Waals surface area contributed by atoms with Crippen LogP contribution in [0.4, 0.5) is 5.69 Å². The number of ketones is 1. The first-order valence-electron chi connectivity index (χ1n) is 3.78. The first kappa shape index (κ1) is 10.1. The molecule has 0 aromatic heterocycles. The first-order valence-corrected chi connectivity index (χ1v) is 4.90. The molecule has 13 heavy (non-hydrogen) atoms. The van der Waals surface area contributed by atoms with Crippen LogP contribution in [0.25, 0.3) is 0 Å². The molecule has 0 aliphatic rings. The van der Waals surface area contributed by atoms with E-state index in [4.69, 9.17) is 10.8 Å². The van der Waals surface area contributed by atoms with Crippen LogP contribution < -0.4 is 5.73 Å². The quantitative estimate of drug-likeness (QED) is 0.481. The molecule has 0 spiro atoms. The number of alkyl halides is 1. The van der Waals surface area contributed by atoms with Gasteiger partial charge in [-0.15, -0.1) is 0 Å². The maximum atomic E-state index is 11.1. The summed E-state index contributed by atoms with van der Waals surface area (Å²) in [5, 5.41) is 9.45. The van der Waals surface area contributed by atoms with Gasteiger partial charge in [0.15, 0.2) is 0 Å². The van der Waals surface area contributed by atoms with E-state index < -0.39 is 0 Å². The van der Waals surface area contributed by atoms with Crippen molar-refractivity contribution in [3.8, 4) is 5.75 Å². The summed E-state index contributed by atoms with van der Waals surface area (Å²) >= 11 is 3.06. The van der Waals surface area contributed by atoms with Crippen LogP contribution in [0.5, 0.6) is 5.75 Å². The smallest absolute Gasteiger partial charge is 0.147 e. The second kappa shape index (κ2) is 4.28. The van der Waals surface area contributed by atoms with E-state index in [-0.39, 0.29) is 18.0 Å². The number of hydrogen-bond acceptors (Lipinski definition) is 3. The molecule has 0 aliphatic carbocycles. The van der Waals surface area contributed by atoms with Gasteiger partial charge in [0.05, 0.1) is 5.33 Å². The Labute approximate surface area is 84.7 Å². The lowest BCUT2D eigenvalue weighted by atomic mass is 10.1. The molecule has 0 unspecified atom stereocenters. The lowest BCUT2D eigenvalue weighted by Gasteiger charge is -2.03. The van der Waals surface area contributed by atoms with E-state index in [9.17, 15) is 4.79 Å². The van der Waals surface area contributed by atoms with Crippen molar-refractivity contribution in [1.29, 1.82) is 0 Å². The minimum absolute atomic E-state index is 0.0392. The van der Waals surface area contributed by atoms with E-state index in [1.54, 1.807) is 6.07 Å². The number of Topliss-reactive ketones (excluding diaryl/α,β-unsaturated/α-hetero) is 1. The molecular formula is C9H10BrNO2. The molecule has 0 radical (unpaired) electrons. The van der Waals surface area contributed by atoms with Crippen LogP contribution in [0.3, 0.4) is 0 Å². The van der Waals surface area contributed by atoms with Gasteiger partial charge < -0.3 is 10.8 Å². The van der Waals surface area contributed by atoms with E-state index in [2.05, 4.69) is 15.9 Å². The number of aromatic hydroxyl groups is 1. The molecule has 0 aliphatic heterocycles. The fourth-order valence-electron chi connectivity index (χ4n) is 1.00. The molecule has 3 N–H and O–H groups in total. The number of phenolic OH excluding ortho intramolecular Hbond substituents is 1. The Morgan fingerprint density at radius 3 is 2.85 bits per heavy atom. The van der Waals surface area contributed by atoms with Crippen molar-refractivity contribution in [2.24, 2.45) is 0 Å². The van der Waals surface area contributed by atoms with Crippen LogP contribution in [0.2, 0.25) is 0 Å². The normalized spacial score (nSPS) is 9.92. The zero-order valence-electron chi connectivity index (χ0n) is 6.96. The van der Waals surface area contributed by atoms with Gasteiger partial charge in [0, 0.05) is 12.1 Å². The summed E-state index contributed by atoms with van der Waals surface area (Å²) in [6.07, 6.45) is 0.255. The highest BCUT2D eigenvalue weighted by molar-refractivity contribution is 9.09. The zero-order chi connectivity index (χ0) is 9.84. The predicted molar refractivity (Wildman–Crippen MR) is 55.0 cm³/mol. The summed E-state index contributed by atoms with van der Waals surface area (Å²) in [6.45, 7) is 0. The maximum absolute atomic E-state index is 11.1. The van der Waals surface area contributed by atoms with Gasteiger partial charge >= 0.3 is 0 Å². The second-order valence-corrected chi connectivity index (χ2v) is 3.29. The third-order valence-electron chi connectivity index (χ3n) is 1.66. The van der Waals surface area contributed by atoms with Crippen molar-refractivity contribution in [2.45, 2.75) is 6.42 Å². The predicted octanol–water partition coefficient (Wildman–Crippen LogP) is 1.48. The second-order valence-electron chi connectivity index (χ2n) is 2.73. The molecule has 0 heterocycles. The average Bonchev–Trinajstić information content (AvgIpc) is 2.11. The summed E-state index contributed by atoms with van der Waals surface area (Å²) in [4.78, 5) is 11.1. The van der Waals surface area contributed by atoms with Crippen molar-refractivity contribution in [3.63, 3.8) is 0 Å². The van der Waals surface area contributed by atoms with Gasteiger partial charge in [-0.05, 0) is 23.8 Å². The molecule has 1 rings (SSSR count). The number of halogens is 1. The molecule has 1 aromatic rings. The number of benzene rings is 1. The fourth-order valence-corrected chi connectivity index (χ4v) is 1.20. The Kier molecular flexibility index (Phi) is 3.31. The lowest BCUT2D eigenvalue weighted by Crippen LogP contribution is -2.05. The topological polar surface area (TPSA) is 63.3 Å². The van der Waals surface area contributed by atoms with Crippen LogP contribution in [-0.4, -0.2) is 16.2 Å². The van der Waals surface area contributed by atoms with E-state index >= 15 is 0 Å². The van der Waals surface area contributed by atoms with Crippen LogP contribution in [0.15, 0.2) is 18.2 Å². The van der Waals surface area contributed by atoms with Crippen molar-refractivity contribution in [3.05, 3.63) is 23.8 Å². The van der Waals surface area contributed by atoms with Crippen molar-refractivity contribution >= 4 is 27.4 Å². The van der Waals surface area contributed by atoms with E-state index in [1.807, 2.05) is 0 Å². The van der Waals surface area contributed by atoms with Gasteiger partial charge in [0.25, 0.3) is 0 Å². The Morgan fingerprint density at radius 2 is 2.23 bits per heavy atom. The molecule has 0 saturated heterocycles. The highest BCUT2D eigenvalue weighted by Crippen LogP contribution is 2.19. The number of rotatable bonds is 3. The SMILES string of the molecule is Nc1ccc(O)cc1CC(=O)CBr. The third-order valence-corrected chi connectivity index (χ3v) is 2.29. The molecule has 3 nitrogen and oxygen atoms in total. The first-order chi connectivity index (χ1) is 6.13. The zero-order valence-corrected chi connectivity index (χ0v) is 8.54. The number of nitrogens with two attached hydrogens (primary N) is 1. The summed E-state index contributed by atoms with van der Waals surface area (Å²) in [6, 6.07) is 4.60. The minimum atomic E-state index is 0.0392. The number of anilines is 1. The van der Waals surface area contributed by atoms with Crippen molar-refractivity contribution in [1.82, 2.24) is 0 Å². The average molecular weight is 244 g/mol. The molecule has 0 saturated carbocycles. The van der Waals surface area contributed by atoms with Crippen LogP contribution >= 0.6 is 15.9 Å². The monoisotopic (exact) mass is 243 g/mol. The molecule has 0 fully saturated rings. The summed E-state index contributed by atoms with van der Waals surface area (Å²) < 4.78 is 0. The van der Waals surface area contributed by atoms with Gasteiger partial charge in [0.2, 0.25) is 0 Å². The number of hydrogen-bond donors (Lipinski definition) is 2. The third kappa shape index (κ3) is 2.73. The van der Waals surface area contributed by atoms with Crippen molar-refractivity contribution in [2.75, 3.05) is 11.1 Å². The number of carbonyl (C=O) groups is 1. The highest BCUT2D eigenvalue weighted by atomic mass is 79.9. The molecule has 1 aromatic carbocycles. The molecule has 0 amide bonds. The Morgan fingerprint density at radius 1 is 1.54 bits per heavy atom. The van der Waals surface area contributed by atoms with Crippen LogP contribution in [0.1, 0.15) is 5.56 Å². The highest BCUT2D eigenvalue weighted by Gasteiger charge is 2.05. The Hall–Kier alpha value is -1.03. The summed E-state index contributed by atoms with van der Waals surface area (Å²) in [5.74, 6) is 0.170. The fraction of sp³-hybridized carbons (Fsp3) is 0.222. The van der Waals surface area contributed by atoms with Gasteiger partial charge in [-0.3, -0.25) is 4.79 Å². The van der Waals surface area contributed by atoms with Crippen LogP contribution in [-0.2, 0) is 11.2 Å². The Balaban J connectivity index is 2.87. The molecule has 0 bridgehead atoms. The number of phenols is 1. The van der Waals surface area contributed by atoms with E-state index in [1.165, 1.54) is 12.1 Å². The van der Waals surface area contributed by atoms with Gasteiger partial charge in [-0.1, -0.05) is 15.9 Å².